The molecule has 0 spiro atoms. The molecule has 3 rings (SSSR count). The van der Waals surface area contributed by atoms with E-state index in [1.807, 2.05) is 6.92 Å². The van der Waals surface area contributed by atoms with Crippen LogP contribution in [-0.4, -0.2) is 27.7 Å². The lowest BCUT2D eigenvalue weighted by atomic mass is 10.1. The Bertz CT molecular complexity index is 873. The smallest absolute Gasteiger partial charge is 0.152 e. The average molecular weight is 359 g/mol. The molecule has 0 bridgehead atoms. The summed E-state index contributed by atoms with van der Waals surface area (Å²) in [5, 5.41) is 2.45. The molecule has 0 saturated heterocycles. The number of nitrogens with zero attached hydrogens (tertiary/aromatic N) is 1. The summed E-state index contributed by atoms with van der Waals surface area (Å²) in [4.78, 5) is 0. The molecule has 1 aromatic heterocycles. The topological polar surface area (TPSA) is 57.2 Å². The molecule has 0 aliphatic carbocycles. The fourth-order valence-electron chi connectivity index (χ4n) is 3.64. The molecule has 0 radical (unpaired) electrons. The van der Waals surface area contributed by atoms with Gasteiger partial charge in [0.15, 0.2) is 11.1 Å². The maximum absolute atomic E-state index is 11.7. The van der Waals surface area contributed by atoms with Gasteiger partial charge in [-0.3, -0.25) is 4.18 Å². The van der Waals surface area contributed by atoms with Crippen LogP contribution in [-0.2, 0) is 15.3 Å². The summed E-state index contributed by atoms with van der Waals surface area (Å²) in [5.74, 6) is 0. The summed E-state index contributed by atoms with van der Waals surface area (Å²) < 4.78 is 19.6. The lowest BCUT2D eigenvalue weighted by Crippen LogP contribution is -2.32. The lowest BCUT2D eigenvalue weighted by molar-refractivity contribution is 0.160. The van der Waals surface area contributed by atoms with Crippen molar-refractivity contribution in [2.45, 2.75) is 39.3 Å². The number of hydrogen-bond donors (Lipinski definition) is 1. The van der Waals surface area contributed by atoms with Crippen LogP contribution in [0.25, 0.3) is 21.8 Å². The standard InChI is InChI=1S/C20H26N2O2S/c1-5-20(24-25(4)23)19(12-21)22-17-8-6-13(2)10-15(17)16-11-14(3)7-9-18(16)22/h6-11,19-20H,5,12,21H2,1-4H3/t19-,20-,25?/m0/s1. The third-order valence-electron chi connectivity index (χ3n) is 4.78. The summed E-state index contributed by atoms with van der Waals surface area (Å²) in [7, 11) is 0. The van der Waals surface area contributed by atoms with Crippen molar-refractivity contribution < 1.29 is 8.39 Å². The summed E-state index contributed by atoms with van der Waals surface area (Å²) in [5.41, 5.74) is 10.9. The summed E-state index contributed by atoms with van der Waals surface area (Å²) in [6.07, 6.45) is 2.12. The molecular formula is C20H26N2O2S. The van der Waals surface area contributed by atoms with E-state index in [1.165, 1.54) is 21.9 Å². The summed E-state index contributed by atoms with van der Waals surface area (Å²) in [6, 6.07) is 12.9. The van der Waals surface area contributed by atoms with E-state index >= 15 is 0 Å². The van der Waals surface area contributed by atoms with Crippen LogP contribution in [0.4, 0.5) is 0 Å². The van der Waals surface area contributed by atoms with Gasteiger partial charge in [-0.05, 0) is 44.5 Å². The molecular weight excluding hydrogens is 332 g/mol. The molecule has 2 aromatic carbocycles. The van der Waals surface area contributed by atoms with Crippen molar-refractivity contribution in [2.75, 3.05) is 12.8 Å². The maximum Gasteiger partial charge on any atom is 0.152 e. The normalized spacial score (nSPS) is 15.6. The van der Waals surface area contributed by atoms with Crippen LogP contribution < -0.4 is 5.73 Å². The molecule has 0 aliphatic rings. The van der Waals surface area contributed by atoms with Gasteiger partial charge in [0.2, 0.25) is 0 Å². The van der Waals surface area contributed by atoms with E-state index < -0.39 is 11.1 Å². The van der Waals surface area contributed by atoms with Gasteiger partial charge in [-0.2, -0.15) is 0 Å². The average Bonchev–Trinajstić information content (AvgIpc) is 2.87. The van der Waals surface area contributed by atoms with E-state index in [0.29, 0.717) is 6.54 Å². The predicted molar refractivity (Wildman–Crippen MR) is 106 cm³/mol. The molecule has 2 N–H and O–H groups in total. The molecule has 5 heteroatoms. The first-order chi connectivity index (χ1) is 12.0. The quantitative estimate of drug-likeness (QED) is 0.724. The third kappa shape index (κ3) is 3.36. The van der Waals surface area contributed by atoms with E-state index in [2.05, 4.69) is 54.8 Å². The van der Waals surface area contributed by atoms with Crippen LogP contribution in [0.15, 0.2) is 36.4 Å². The first-order valence-electron chi connectivity index (χ1n) is 8.67. The van der Waals surface area contributed by atoms with Crippen LogP contribution in [0.3, 0.4) is 0 Å². The van der Waals surface area contributed by atoms with Crippen LogP contribution in [0, 0.1) is 13.8 Å². The van der Waals surface area contributed by atoms with Gasteiger partial charge in [0.05, 0.1) is 12.1 Å². The van der Waals surface area contributed by atoms with Gasteiger partial charge in [-0.15, -0.1) is 0 Å². The number of hydrogen-bond acceptors (Lipinski definition) is 3. The Morgan fingerprint density at radius 1 is 1.08 bits per heavy atom. The number of rotatable bonds is 6. The zero-order valence-corrected chi connectivity index (χ0v) is 16.1. The monoisotopic (exact) mass is 358 g/mol. The van der Waals surface area contributed by atoms with Crippen LogP contribution in [0.5, 0.6) is 0 Å². The van der Waals surface area contributed by atoms with Gasteiger partial charge in [-0.25, -0.2) is 4.21 Å². The van der Waals surface area contributed by atoms with Gasteiger partial charge in [-0.1, -0.05) is 30.2 Å². The highest BCUT2D eigenvalue weighted by molar-refractivity contribution is 7.79. The van der Waals surface area contributed by atoms with Crippen molar-refractivity contribution >= 4 is 32.9 Å². The molecule has 1 heterocycles. The van der Waals surface area contributed by atoms with Crippen molar-refractivity contribution in [1.82, 2.24) is 4.57 Å². The fourth-order valence-corrected chi connectivity index (χ4v) is 4.25. The van der Waals surface area contributed by atoms with Crippen molar-refractivity contribution in [3.8, 4) is 0 Å². The zero-order valence-electron chi connectivity index (χ0n) is 15.3. The molecule has 3 aromatic rings. The van der Waals surface area contributed by atoms with Crippen LogP contribution in [0.2, 0.25) is 0 Å². The molecule has 4 nitrogen and oxygen atoms in total. The number of aromatic nitrogens is 1. The number of benzene rings is 2. The first-order valence-corrected chi connectivity index (χ1v) is 10.2. The zero-order chi connectivity index (χ0) is 18.1. The molecule has 1 unspecified atom stereocenters. The molecule has 134 valence electrons. The molecule has 25 heavy (non-hydrogen) atoms. The molecule has 0 fully saturated rings. The van der Waals surface area contributed by atoms with Crippen LogP contribution in [0.1, 0.15) is 30.5 Å². The maximum atomic E-state index is 11.7. The molecule has 0 saturated carbocycles. The van der Waals surface area contributed by atoms with Crippen LogP contribution >= 0.6 is 0 Å². The highest BCUT2D eigenvalue weighted by Crippen LogP contribution is 2.35. The summed E-state index contributed by atoms with van der Waals surface area (Å²) in [6.45, 7) is 6.69. The van der Waals surface area contributed by atoms with E-state index in [-0.39, 0.29) is 12.1 Å². The molecule has 0 amide bonds. The van der Waals surface area contributed by atoms with E-state index in [0.717, 1.165) is 17.5 Å². The van der Waals surface area contributed by atoms with Gasteiger partial charge in [0.1, 0.15) is 0 Å². The van der Waals surface area contributed by atoms with Crippen molar-refractivity contribution in [2.24, 2.45) is 5.73 Å². The minimum atomic E-state index is -1.32. The SMILES string of the molecule is CC[C@H](OS(C)=O)[C@H](CN)n1c2ccc(C)cc2c2cc(C)ccc21. The fraction of sp³-hybridized carbons (Fsp3) is 0.400. The number of fused-ring (bicyclic) bond motifs is 3. The highest BCUT2D eigenvalue weighted by Gasteiger charge is 2.26. The van der Waals surface area contributed by atoms with Crippen molar-refractivity contribution in [3.63, 3.8) is 0 Å². The highest BCUT2D eigenvalue weighted by atomic mass is 32.2. The Morgan fingerprint density at radius 2 is 1.60 bits per heavy atom. The van der Waals surface area contributed by atoms with Crippen molar-refractivity contribution in [3.05, 3.63) is 47.5 Å². The second-order valence-electron chi connectivity index (χ2n) is 6.66. The van der Waals surface area contributed by atoms with E-state index in [4.69, 9.17) is 9.92 Å². The Balaban J connectivity index is 2.30. The second-order valence-corrected chi connectivity index (χ2v) is 7.65. The van der Waals surface area contributed by atoms with E-state index in [9.17, 15) is 4.21 Å². The van der Waals surface area contributed by atoms with Gasteiger partial charge < -0.3 is 10.3 Å². The minimum Gasteiger partial charge on any atom is -0.333 e. The molecule has 0 aliphatic heterocycles. The number of aryl methyl sites for hydroxylation is 2. The Labute approximate surface area is 151 Å². The minimum absolute atomic E-state index is 0.0701. The Hall–Kier alpha value is -1.69. The van der Waals surface area contributed by atoms with Gasteiger partial charge in [0.25, 0.3) is 0 Å². The van der Waals surface area contributed by atoms with E-state index in [1.54, 1.807) is 6.26 Å². The van der Waals surface area contributed by atoms with Gasteiger partial charge >= 0.3 is 0 Å². The Kier molecular flexibility index (Phi) is 5.27. The first kappa shape index (κ1) is 18.1. The molecule has 3 atom stereocenters. The third-order valence-corrected chi connectivity index (χ3v) is 5.30. The number of nitrogens with two attached hydrogens (primary N) is 1. The van der Waals surface area contributed by atoms with Crippen molar-refractivity contribution in [1.29, 1.82) is 0 Å². The lowest BCUT2D eigenvalue weighted by Gasteiger charge is -2.27. The van der Waals surface area contributed by atoms with Gasteiger partial charge in [0, 0.05) is 34.6 Å². The summed E-state index contributed by atoms with van der Waals surface area (Å²) >= 11 is -1.32. The predicted octanol–water partition coefficient (Wildman–Crippen LogP) is 4.00. The largest absolute Gasteiger partial charge is 0.333 e. The Morgan fingerprint density at radius 3 is 2.00 bits per heavy atom. The second kappa shape index (κ2) is 7.28.